The summed E-state index contributed by atoms with van der Waals surface area (Å²) in [5.74, 6) is -0.274. The van der Waals surface area contributed by atoms with Crippen molar-refractivity contribution in [1.29, 1.82) is 0 Å². The molecule has 3 aromatic rings. The van der Waals surface area contributed by atoms with E-state index < -0.39 is 9.84 Å². The molecule has 0 radical (unpaired) electrons. The smallest absolute Gasteiger partial charge is 0.258 e. The van der Waals surface area contributed by atoms with E-state index >= 15 is 0 Å². The number of nitrogens with zero attached hydrogens (tertiary/aromatic N) is 1. The number of carbonyl (C=O) groups excluding carboxylic acids is 1. The molecule has 0 aliphatic rings. The van der Waals surface area contributed by atoms with E-state index in [1.165, 1.54) is 12.1 Å². The van der Waals surface area contributed by atoms with Crippen LogP contribution in [0.25, 0.3) is 10.8 Å². The second-order valence-electron chi connectivity index (χ2n) is 6.00. The Hall–Kier alpha value is -2.37. The molecule has 3 rings (SSSR count). The molecule has 0 atom stereocenters. The molecule has 0 aliphatic heterocycles. The van der Waals surface area contributed by atoms with Crippen LogP contribution in [0.1, 0.15) is 17.3 Å². The van der Waals surface area contributed by atoms with Crippen molar-refractivity contribution >= 4 is 43.8 Å². The van der Waals surface area contributed by atoms with Gasteiger partial charge in [0.2, 0.25) is 0 Å². The number of halogens is 1. The molecule has 0 spiro atoms. The average Bonchev–Trinajstić information content (AvgIpc) is 2.61. The Morgan fingerprint density at radius 3 is 2.35 bits per heavy atom. The van der Waals surface area contributed by atoms with Crippen LogP contribution in [0.5, 0.6) is 0 Å². The lowest BCUT2D eigenvalue weighted by molar-refractivity contribution is 0.0988. The zero-order valence-corrected chi connectivity index (χ0v) is 16.0. The van der Waals surface area contributed by atoms with Gasteiger partial charge < -0.3 is 4.90 Å². The van der Waals surface area contributed by atoms with E-state index in [0.29, 0.717) is 6.54 Å². The molecule has 0 saturated heterocycles. The number of benzene rings is 3. The number of anilines is 1. The molecular formula is C20H18ClNO3S. The molecule has 134 valence electrons. The van der Waals surface area contributed by atoms with Gasteiger partial charge in [-0.2, -0.15) is 0 Å². The summed E-state index contributed by atoms with van der Waals surface area (Å²) in [5, 5.41) is 2.23. The predicted molar refractivity (Wildman–Crippen MR) is 106 cm³/mol. The maximum atomic E-state index is 13.0. The molecule has 0 bridgehead atoms. The maximum Gasteiger partial charge on any atom is 0.258 e. The first-order valence-corrected chi connectivity index (χ1v) is 10.4. The highest BCUT2D eigenvalue weighted by Crippen LogP contribution is 2.26. The molecule has 26 heavy (non-hydrogen) atoms. The summed E-state index contributed by atoms with van der Waals surface area (Å²) in [7, 11) is -3.52. The van der Waals surface area contributed by atoms with Gasteiger partial charge in [0.25, 0.3) is 5.91 Å². The van der Waals surface area contributed by atoms with E-state index in [9.17, 15) is 13.2 Å². The number of hydrogen-bond acceptors (Lipinski definition) is 3. The highest BCUT2D eigenvalue weighted by Gasteiger charge is 2.20. The number of hydrogen-bond donors (Lipinski definition) is 0. The van der Waals surface area contributed by atoms with Crippen molar-refractivity contribution < 1.29 is 13.2 Å². The summed E-state index contributed by atoms with van der Waals surface area (Å²) < 4.78 is 23.8. The Kier molecular flexibility index (Phi) is 5.03. The molecule has 0 N–H and O–H groups in total. The van der Waals surface area contributed by atoms with Crippen molar-refractivity contribution in [3.8, 4) is 0 Å². The number of amides is 1. The average molecular weight is 388 g/mol. The van der Waals surface area contributed by atoms with Crippen molar-refractivity contribution in [2.24, 2.45) is 0 Å². The Morgan fingerprint density at radius 1 is 1.00 bits per heavy atom. The van der Waals surface area contributed by atoms with E-state index in [2.05, 4.69) is 0 Å². The molecule has 0 heterocycles. The minimum absolute atomic E-state index is 0.0421. The van der Waals surface area contributed by atoms with Gasteiger partial charge in [-0.3, -0.25) is 4.79 Å². The first-order chi connectivity index (χ1) is 12.3. The molecule has 1 amide bonds. The van der Waals surface area contributed by atoms with Crippen molar-refractivity contribution in [3.63, 3.8) is 0 Å². The van der Waals surface area contributed by atoms with Crippen LogP contribution < -0.4 is 4.90 Å². The predicted octanol–water partition coefficient (Wildman–Crippen LogP) is 4.56. The first-order valence-electron chi connectivity index (χ1n) is 8.11. The minimum Gasteiger partial charge on any atom is -0.309 e. The SMILES string of the molecule is CCN(C(=O)c1ccc(Cl)c(S(C)(=O)=O)c1)c1ccc2ccccc2c1. The fourth-order valence-electron chi connectivity index (χ4n) is 2.86. The van der Waals surface area contributed by atoms with Gasteiger partial charge in [-0.05, 0) is 48.0 Å². The largest absolute Gasteiger partial charge is 0.309 e. The molecule has 0 aliphatic carbocycles. The van der Waals surface area contributed by atoms with Gasteiger partial charge >= 0.3 is 0 Å². The van der Waals surface area contributed by atoms with Crippen LogP contribution in [-0.2, 0) is 9.84 Å². The molecule has 4 nitrogen and oxygen atoms in total. The summed E-state index contributed by atoms with van der Waals surface area (Å²) >= 11 is 5.98. The third kappa shape index (κ3) is 3.59. The van der Waals surface area contributed by atoms with E-state index in [4.69, 9.17) is 11.6 Å². The van der Waals surface area contributed by atoms with E-state index in [1.54, 1.807) is 11.0 Å². The maximum absolute atomic E-state index is 13.0. The van der Waals surface area contributed by atoms with Crippen LogP contribution in [0, 0.1) is 0 Å². The normalized spacial score (nSPS) is 11.5. The van der Waals surface area contributed by atoms with Crippen LogP contribution >= 0.6 is 11.6 Å². The number of carbonyl (C=O) groups is 1. The number of fused-ring (bicyclic) bond motifs is 1. The lowest BCUT2D eigenvalue weighted by Crippen LogP contribution is -2.30. The zero-order chi connectivity index (χ0) is 18.9. The fourth-order valence-corrected chi connectivity index (χ4v) is 4.17. The third-order valence-corrected chi connectivity index (χ3v) is 5.76. The summed E-state index contributed by atoms with van der Waals surface area (Å²) in [4.78, 5) is 14.6. The van der Waals surface area contributed by atoms with Gasteiger partial charge in [0.1, 0.15) is 0 Å². The zero-order valence-electron chi connectivity index (χ0n) is 14.4. The van der Waals surface area contributed by atoms with Gasteiger partial charge in [0.15, 0.2) is 9.84 Å². The quantitative estimate of drug-likeness (QED) is 0.659. The van der Waals surface area contributed by atoms with Gasteiger partial charge in [-0.25, -0.2) is 8.42 Å². The summed E-state index contributed by atoms with van der Waals surface area (Å²) in [6, 6.07) is 18.0. The molecule has 0 saturated carbocycles. The van der Waals surface area contributed by atoms with Crippen molar-refractivity contribution in [1.82, 2.24) is 0 Å². The standard InChI is InChI=1S/C20H18ClNO3S/c1-3-22(17-10-8-14-6-4-5-7-15(14)12-17)20(23)16-9-11-18(21)19(13-16)26(2,24)25/h4-13H,3H2,1-2H3. The van der Waals surface area contributed by atoms with Crippen LogP contribution in [0.4, 0.5) is 5.69 Å². The number of sulfone groups is 1. The van der Waals surface area contributed by atoms with Gasteiger partial charge in [0.05, 0.1) is 9.92 Å². The first kappa shape index (κ1) is 18.4. The Labute approximate surface area is 157 Å². The van der Waals surface area contributed by atoms with Crippen LogP contribution in [0.3, 0.4) is 0 Å². The molecule has 0 aromatic heterocycles. The van der Waals surface area contributed by atoms with E-state index in [-0.39, 0.29) is 21.4 Å². The minimum atomic E-state index is -3.52. The summed E-state index contributed by atoms with van der Waals surface area (Å²) in [5.41, 5.74) is 1.04. The molecule has 3 aromatic carbocycles. The van der Waals surface area contributed by atoms with Crippen LogP contribution in [0.15, 0.2) is 65.6 Å². The van der Waals surface area contributed by atoms with Gasteiger partial charge in [0, 0.05) is 24.1 Å². The monoisotopic (exact) mass is 387 g/mol. The lowest BCUT2D eigenvalue weighted by atomic mass is 10.1. The molecule has 0 fully saturated rings. The summed E-state index contributed by atoms with van der Waals surface area (Å²) in [6.07, 6.45) is 1.07. The lowest BCUT2D eigenvalue weighted by Gasteiger charge is -2.22. The van der Waals surface area contributed by atoms with Crippen molar-refractivity contribution in [3.05, 3.63) is 71.2 Å². The highest BCUT2D eigenvalue weighted by molar-refractivity contribution is 7.90. The van der Waals surface area contributed by atoms with Gasteiger partial charge in [-0.1, -0.05) is 41.9 Å². The van der Waals surface area contributed by atoms with Crippen molar-refractivity contribution in [2.75, 3.05) is 17.7 Å². The van der Waals surface area contributed by atoms with Crippen LogP contribution in [-0.4, -0.2) is 27.1 Å². The van der Waals surface area contributed by atoms with Crippen LogP contribution in [0.2, 0.25) is 5.02 Å². The number of rotatable bonds is 4. The van der Waals surface area contributed by atoms with E-state index in [1.807, 2.05) is 49.4 Å². The molecule has 0 unspecified atom stereocenters. The van der Waals surface area contributed by atoms with Gasteiger partial charge in [-0.15, -0.1) is 0 Å². The second-order valence-corrected chi connectivity index (χ2v) is 8.39. The molecule has 6 heteroatoms. The Bertz CT molecular complexity index is 1090. The molecular weight excluding hydrogens is 370 g/mol. The van der Waals surface area contributed by atoms with E-state index in [0.717, 1.165) is 22.7 Å². The Morgan fingerprint density at radius 2 is 1.69 bits per heavy atom. The Balaban J connectivity index is 2.03. The second kappa shape index (κ2) is 7.09. The summed E-state index contributed by atoms with van der Waals surface area (Å²) in [6.45, 7) is 2.33. The third-order valence-electron chi connectivity index (χ3n) is 4.18. The topological polar surface area (TPSA) is 54.5 Å². The fraction of sp³-hybridized carbons (Fsp3) is 0.150. The highest BCUT2D eigenvalue weighted by atomic mass is 35.5. The van der Waals surface area contributed by atoms with Crippen molar-refractivity contribution in [2.45, 2.75) is 11.8 Å².